The Morgan fingerprint density at radius 1 is 1.57 bits per heavy atom. The molecule has 0 radical (unpaired) electrons. The number of anilines is 1. The molecule has 3 rings (SSSR count). The number of nitrogens with one attached hydrogen (secondary N) is 2. The number of amides is 1. The quantitative estimate of drug-likeness (QED) is 0.770. The number of rotatable bonds is 4. The second-order valence-corrected chi connectivity index (χ2v) is 7.34. The number of imidazole rings is 1. The van der Waals surface area contributed by atoms with E-state index in [1.54, 1.807) is 31.9 Å². The van der Waals surface area contributed by atoms with Crippen molar-refractivity contribution in [1.29, 1.82) is 0 Å². The summed E-state index contributed by atoms with van der Waals surface area (Å²) in [6, 6.07) is 0. The molecule has 124 valence electrons. The molecule has 1 aliphatic heterocycles. The van der Waals surface area contributed by atoms with Gasteiger partial charge in [0.1, 0.15) is 0 Å². The van der Waals surface area contributed by atoms with Crippen LogP contribution in [0.3, 0.4) is 0 Å². The van der Waals surface area contributed by atoms with Crippen molar-refractivity contribution in [3.05, 3.63) is 16.7 Å². The second kappa shape index (κ2) is 6.32. The molecule has 2 unspecified atom stereocenters. The smallest absolute Gasteiger partial charge is 0.280 e. The molecule has 1 fully saturated rings. The molecule has 9 heteroatoms. The maximum atomic E-state index is 12.1. The lowest BCUT2D eigenvalue weighted by Gasteiger charge is -2.13. The molecule has 3 N–H and O–H groups in total. The predicted molar refractivity (Wildman–Crippen MR) is 88.4 cm³/mol. The standard InChI is InChI=1S/C14H19N5O3S/c1-7(2)12(21)17-14-16-11-10(13(22)18-14)15-6-19(11)9-4-3-8(5-20)23-9/h6-9,20H,3-5H2,1-2H3,(H2,16,17,18,21,22). The number of thioether (sulfide) groups is 1. The molecule has 1 saturated heterocycles. The van der Waals surface area contributed by atoms with Crippen LogP contribution in [0, 0.1) is 5.92 Å². The molecular weight excluding hydrogens is 318 g/mol. The molecule has 2 aromatic rings. The van der Waals surface area contributed by atoms with Gasteiger partial charge in [-0.1, -0.05) is 13.8 Å². The molecule has 1 amide bonds. The van der Waals surface area contributed by atoms with Gasteiger partial charge in [0.15, 0.2) is 11.2 Å². The van der Waals surface area contributed by atoms with Crippen LogP contribution in [-0.2, 0) is 4.79 Å². The van der Waals surface area contributed by atoms with Crippen molar-refractivity contribution >= 4 is 34.8 Å². The summed E-state index contributed by atoms with van der Waals surface area (Å²) in [6.45, 7) is 3.67. The van der Waals surface area contributed by atoms with Crippen LogP contribution in [-0.4, -0.2) is 42.4 Å². The summed E-state index contributed by atoms with van der Waals surface area (Å²) in [5.41, 5.74) is 0.319. The Kier molecular flexibility index (Phi) is 4.40. The van der Waals surface area contributed by atoms with Crippen molar-refractivity contribution in [2.75, 3.05) is 11.9 Å². The molecule has 0 bridgehead atoms. The zero-order valence-electron chi connectivity index (χ0n) is 12.9. The fourth-order valence-corrected chi connectivity index (χ4v) is 3.84. The van der Waals surface area contributed by atoms with Gasteiger partial charge in [-0.05, 0) is 12.8 Å². The first-order chi connectivity index (χ1) is 11.0. The van der Waals surface area contributed by atoms with E-state index in [0.717, 1.165) is 12.8 Å². The summed E-state index contributed by atoms with van der Waals surface area (Å²) < 4.78 is 1.84. The summed E-state index contributed by atoms with van der Waals surface area (Å²) in [5.74, 6) is -0.296. The van der Waals surface area contributed by atoms with Gasteiger partial charge in [-0.2, -0.15) is 4.98 Å². The minimum atomic E-state index is -0.380. The minimum absolute atomic E-state index is 0.0834. The maximum Gasteiger partial charge on any atom is 0.280 e. The molecule has 0 saturated carbocycles. The van der Waals surface area contributed by atoms with Gasteiger partial charge in [0, 0.05) is 11.2 Å². The minimum Gasteiger partial charge on any atom is -0.395 e. The van der Waals surface area contributed by atoms with E-state index in [-0.39, 0.29) is 46.1 Å². The molecule has 23 heavy (non-hydrogen) atoms. The van der Waals surface area contributed by atoms with Crippen LogP contribution in [0.5, 0.6) is 0 Å². The topological polar surface area (TPSA) is 113 Å². The second-order valence-electron chi connectivity index (χ2n) is 5.86. The third-order valence-electron chi connectivity index (χ3n) is 3.80. The number of fused-ring (bicyclic) bond motifs is 1. The Balaban J connectivity index is 1.96. The number of hydrogen-bond donors (Lipinski definition) is 3. The molecule has 2 aromatic heterocycles. The van der Waals surface area contributed by atoms with E-state index in [9.17, 15) is 14.7 Å². The molecule has 0 spiro atoms. The number of aromatic nitrogens is 4. The van der Waals surface area contributed by atoms with Crippen LogP contribution >= 0.6 is 11.8 Å². The lowest BCUT2D eigenvalue weighted by atomic mass is 10.2. The molecule has 0 aliphatic carbocycles. The van der Waals surface area contributed by atoms with Crippen molar-refractivity contribution < 1.29 is 9.90 Å². The SMILES string of the molecule is CC(C)C(=O)Nc1nc2c(ncn2C2CCC(CO)S2)c(=O)[nH]1. The zero-order chi connectivity index (χ0) is 16.6. The van der Waals surface area contributed by atoms with E-state index in [1.165, 1.54) is 0 Å². The lowest BCUT2D eigenvalue weighted by Crippen LogP contribution is -2.22. The number of carbonyl (C=O) groups excluding carboxylic acids is 1. The zero-order valence-corrected chi connectivity index (χ0v) is 13.8. The number of H-pyrrole nitrogens is 1. The van der Waals surface area contributed by atoms with Crippen LogP contribution in [0.2, 0.25) is 0 Å². The largest absolute Gasteiger partial charge is 0.395 e. The fraction of sp³-hybridized carbons (Fsp3) is 0.571. The number of aliphatic hydroxyl groups excluding tert-OH is 1. The van der Waals surface area contributed by atoms with Crippen LogP contribution in [0.1, 0.15) is 32.1 Å². The van der Waals surface area contributed by atoms with Gasteiger partial charge in [0.2, 0.25) is 11.9 Å². The first-order valence-corrected chi connectivity index (χ1v) is 8.48. The number of aliphatic hydroxyl groups is 1. The van der Waals surface area contributed by atoms with E-state index in [0.29, 0.717) is 5.65 Å². The average molecular weight is 337 g/mol. The molecule has 2 atom stereocenters. The molecule has 8 nitrogen and oxygen atoms in total. The third kappa shape index (κ3) is 3.11. The highest BCUT2D eigenvalue weighted by atomic mass is 32.2. The monoisotopic (exact) mass is 337 g/mol. The first kappa shape index (κ1) is 16.0. The van der Waals surface area contributed by atoms with E-state index in [4.69, 9.17) is 0 Å². The number of aromatic amines is 1. The van der Waals surface area contributed by atoms with Crippen LogP contribution in [0.4, 0.5) is 5.95 Å². The summed E-state index contributed by atoms with van der Waals surface area (Å²) in [6.07, 6.45) is 3.38. The lowest BCUT2D eigenvalue weighted by molar-refractivity contribution is -0.118. The van der Waals surface area contributed by atoms with Gasteiger partial charge in [0.25, 0.3) is 5.56 Å². The Hall–Kier alpha value is -1.87. The summed E-state index contributed by atoms with van der Waals surface area (Å²) in [7, 11) is 0. The first-order valence-electron chi connectivity index (χ1n) is 7.53. The third-order valence-corrected chi connectivity index (χ3v) is 5.34. The van der Waals surface area contributed by atoms with Gasteiger partial charge in [-0.3, -0.25) is 19.9 Å². The van der Waals surface area contributed by atoms with Crippen molar-refractivity contribution in [3.8, 4) is 0 Å². The Labute approximate surface area is 136 Å². The van der Waals surface area contributed by atoms with Gasteiger partial charge >= 0.3 is 0 Å². The molecular formula is C14H19N5O3S. The highest BCUT2D eigenvalue weighted by Crippen LogP contribution is 2.41. The number of nitrogens with zero attached hydrogens (tertiary/aromatic N) is 3. The van der Waals surface area contributed by atoms with E-state index >= 15 is 0 Å². The summed E-state index contributed by atoms with van der Waals surface area (Å²) >= 11 is 1.65. The van der Waals surface area contributed by atoms with Crippen molar-refractivity contribution in [2.24, 2.45) is 5.92 Å². The van der Waals surface area contributed by atoms with Crippen LogP contribution < -0.4 is 10.9 Å². The van der Waals surface area contributed by atoms with Gasteiger partial charge < -0.3 is 9.67 Å². The molecule has 3 heterocycles. The predicted octanol–water partition coefficient (Wildman–Crippen LogP) is 1.10. The molecule has 1 aliphatic rings. The number of hydrogen-bond acceptors (Lipinski definition) is 6. The van der Waals surface area contributed by atoms with E-state index < -0.39 is 0 Å². The van der Waals surface area contributed by atoms with Crippen LogP contribution in [0.15, 0.2) is 11.1 Å². The van der Waals surface area contributed by atoms with Crippen molar-refractivity contribution in [2.45, 2.75) is 37.3 Å². The highest BCUT2D eigenvalue weighted by molar-refractivity contribution is 8.00. The highest BCUT2D eigenvalue weighted by Gasteiger charge is 2.28. The Morgan fingerprint density at radius 3 is 3.00 bits per heavy atom. The Bertz CT molecular complexity index is 784. The van der Waals surface area contributed by atoms with Crippen molar-refractivity contribution in [1.82, 2.24) is 19.5 Å². The average Bonchev–Trinajstić information content (AvgIpc) is 3.12. The maximum absolute atomic E-state index is 12.1. The summed E-state index contributed by atoms with van der Waals surface area (Å²) in [5, 5.41) is 12.2. The van der Waals surface area contributed by atoms with Gasteiger partial charge in [0.05, 0.1) is 18.3 Å². The van der Waals surface area contributed by atoms with Gasteiger partial charge in [-0.15, -0.1) is 11.8 Å². The molecule has 0 aromatic carbocycles. The van der Waals surface area contributed by atoms with E-state index in [1.807, 2.05) is 4.57 Å². The van der Waals surface area contributed by atoms with Crippen molar-refractivity contribution in [3.63, 3.8) is 0 Å². The van der Waals surface area contributed by atoms with E-state index in [2.05, 4.69) is 20.3 Å². The fourth-order valence-electron chi connectivity index (χ4n) is 2.48. The summed E-state index contributed by atoms with van der Waals surface area (Å²) in [4.78, 5) is 35.0. The normalized spacial score (nSPS) is 21.2. The Morgan fingerprint density at radius 2 is 2.35 bits per heavy atom. The van der Waals surface area contributed by atoms with Crippen LogP contribution in [0.25, 0.3) is 11.2 Å². The van der Waals surface area contributed by atoms with Gasteiger partial charge in [-0.25, -0.2) is 4.98 Å². The number of carbonyl (C=O) groups is 1.